The summed E-state index contributed by atoms with van der Waals surface area (Å²) in [6.45, 7) is 4.09. The van der Waals surface area contributed by atoms with Gasteiger partial charge in [0.25, 0.3) is 5.91 Å². The molecular weight excluding hydrogens is 453 g/mol. The zero-order valence-electron chi connectivity index (χ0n) is 19.9. The second-order valence-corrected chi connectivity index (χ2v) is 8.42. The quantitative estimate of drug-likeness (QED) is 0.246. The Labute approximate surface area is 208 Å². The Morgan fingerprint density at radius 1 is 0.861 bits per heavy atom. The maximum atomic E-state index is 13.5. The van der Waals surface area contributed by atoms with Gasteiger partial charge in [-0.15, -0.1) is 0 Å². The first-order valence-corrected chi connectivity index (χ1v) is 11.5. The summed E-state index contributed by atoms with van der Waals surface area (Å²) >= 11 is 0. The van der Waals surface area contributed by atoms with Crippen LogP contribution < -0.4 is 5.43 Å². The van der Waals surface area contributed by atoms with Gasteiger partial charge in [-0.3, -0.25) is 4.79 Å². The first-order chi connectivity index (χ1) is 17.5. The molecule has 0 saturated carbocycles. The minimum absolute atomic E-state index is 0.322. The van der Waals surface area contributed by atoms with Crippen LogP contribution >= 0.6 is 0 Å². The number of benzene rings is 3. The van der Waals surface area contributed by atoms with Crippen LogP contribution in [0.25, 0.3) is 22.6 Å². The van der Waals surface area contributed by atoms with E-state index in [-0.39, 0.29) is 11.7 Å². The molecule has 3 aromatic carbocycles. The van der Waals surface area contributed by atoms with Crippen LogP contribution in [-0.4, -0.2) is 26.5 Å². The molecular formula is C29H24FN5O. The third-order valence-corrected chi connectivity index (χ3v) is 5.91. The standard InChI is InChI=1S/C29H24FN5O/c1-20-8-9-21(2)35(20)27-16-12-23(13-17-27)29(36)32-31-18-24-19-34(26-6-4-3-5-7-26)33-28(24)22-10-14-25(30)15-11-22/h3-19H,1-2H3,(H,32,36)/b31-18+. The molecule has 0 unspecified atom stereocenters. The average Bonchev–Trinajstić information content (AvgIpc) is 3.48. The van der Waals surface area contributed by atoms with Crippen molar-refractivity contribution in [2.75, 3.05) is 0 Å². The molecule has 5 rings (SSSR count). The highest BCUT2D eigenvalue weighted by molar-refractivity contribution is 5.95. The van der Waals surface area contributed by atoms with Crippen LogP contribution in [-0.2, 0) is 0 Å². The van der Waals surface area contributed by atoms with E-state index in [1.165, 1.54) is 12.1 Å². The largest absolute Gasteiger partial charge is 0.319 e. The molecule has 36 heavy (non-hydrogen) atoms. The summed E-state index contributed by atoms with van der Waals surface area (Å²) in [6, 6.07) is 27.2. The highest BCUT2D eigenvalue weighted by Gasteiger charge is 2.12. The molecule has 0 radical (unpaired) electrons. The van der Waals surface area contributed by atoms with E-state index in [0.717, 1.165) is 28.3 Å². The molecule has 6 nitrogen and oxygen atoms in total. The highest BCUT2D eigenvalue weighted by atomic mass is 19.1. The SMILES string of the molecule is Cc1ccc(C)n1-c1ccc(C(=O)N/N=C/c2cn(-c3ccccc3)nc2-c2ccc(F)cc2)cc1. The van der Waals surface area contributed by atoms with E-state index in [0.29, 0.717) is 16.8 Å². The van der Waals surface area contributed by atoms with Crippen molar-refractivity contribution < 1.29 is 9.18 Å². The van der Waals surface area contributed by atoms with Crippen LogP contribution in [0.15, 0.2) is 102 Å². The van der Waals surface area contributed by atoms with Crippen molar-refractivity contribution >= 4 is 12.1 Å². The fourth-order valence-corrected chi connectivity index (χ4v) is 4.09. The second kappa shape index (κ2) is 9.84. The topological polar surface area (TPSA) is 64.2 Å². The van der Waals surface area contributed by atoms with E-state index in [1.54, 1.807) is 35.2 Å². The van der Waals surface area contributed by atoms with Crippen molar-refractivity contribution in [3.8, 4) is 22.6 Å². The van der Waals surface area contributed by atoms with Gasteiger partial charge in [-0.1, -0.05) is 18.2 Å². The number of aromatic nitrogens is 3. The van der Waals surface area contributed by atoms with E-state index in [4.69, 9.17) is 0 Å². The number of nitrogens with zero attached hydrogens (tertiary/aromatic N) is 4. The molecule has 0 atom stereocenters. The zero-order valence-corrected chi connectivity index (χ0v) is 19.9. The van der Waals surface area contributed by atoms with Crippen LogP contribution in [0.4, 0.5) is 4.39 Å². The maximum absolute atomic E-state index is 13.5. The van der Waals surface area contributed by atoms with Crippen LogP contribution in [0.2, 0.25) is 0 Å². The number of carbonyl (C=O) groups excluding carboxylic acids is 1. The molecule has 2 heterocycles. The summed E-state index contributed by atoms with van der Waals surface area (Å²) in [5.74, 6) is -0.644. The lowest BCUT2D eigenvalue weighted by molar-refractivity contribution is 0.0955. The van der Waals surface area contributed by atoms with Crippen LogP contribution in [0.5, 0.6) is 0 Å². The molecule has 0 saturated heterocycles. The van der Waals surface area contributed by atoms with Gasteiger partial charge >= 0.3 is 0 Å². The van der Waals surface area contributed by atoms with Gasteiger partial charge in [0.1, 0.15) is 11.5 Å². The lowest BCUT2D eigenvalue weighted by Gasteiger charge is -2.10. The van der Waals surface area contributed by atoms with E-state index in [1.807, 2.05) is 62.5 Å². The number of para-hydroxylation sites is 1. The summed E-state index contributed by atoms with van der Waals surface area (Å²) < 4.78 is 17.3. The van der Waals surface area contributed by atoms with E-state index >= 15 is 0 Å². The summed E-state index contributed by atoms with van der Waals surface area (Å²) in [6.07, 6.45) is 3.37. The Kier molecular flexibility index (Phi) is 6.28. The van der Waals surface area contributed by atoms with Crippen LogP contribution in [0.1, 0.15) is 27.3 Å². The maximum Gasteiger partial charge on any atom is 0.271 e. The number of hydrogen-bond donors (Lipinski definition) is 1. The van der Waals surface area contributed by atoms with Crippen molar-refractivity contribution in [2.24, 2.45) is 5.10 Å². The number of aryl methyl sites for hydroxylation is 2. The van der Waals surface area contributed by atoms with E-state index < -0.39 is 0 Å². The number of rotatable bonds is 6. The molecule has 0 fully saturated rings. The second-order valence-electron chi connectivity index (χ2n) is 8.42. The van der Waals surface area contributed by atoms with Crippen LogP contribution in [0.3, 0.4) is 0 Å². The molecule has 7 heteroatoms. The van der Waals surface area contributed by atoms with Crippen molar-refractivity contribution in [3.63, 3.8) is 0 Å². The number of carbonyl (C=O) groups is 1. The molecule has 0 bridgehead atoms. The summed E-state index contributed by atoms with van der Waals surface area (Å²) in [5.41, 5.74) is 9.25. The normalized spacial score (nSPS) is 11.2. The van der Waals surface area contributed by atoms with Gasteiger partial charge in [0.15, 0.2) is 0 Å². The molecule has 0 spiro atoms. The summed E-state index contributed by atoms with van der Waals surface area (Å²) in [7, 11) is 0. The van der Waals surface area contributed by atoms with E-state index in [2.05, 4.69) is 32.3 Å². The van der Waals surface area contributed by atoms with Crippen LogP contribution in [0, 0.1) is 19.7 Å². The molecule has 0 aliphatic carbocycles. The first kappa shape index (κ1) is 23.0. The molecule has 5 aromatic rings. The Hall–Kier alpha value is -4.78. The first-order valence-electron chi connectivity index (χ1n) is 11.5. The number of hydrogen-bond acceptors (Lipinski definition) is 3. The number of amides is 1. The fourth-order valence-electron chi connectivity index (χ4n) is 4.09. The molecule has 0 aliphatic rings. The lowest BCUT2D eigenvalue weighted by Crippen LogP contribution is -2.17. The van der Waals surface area contributed by atoms with Crippen molar-refractivity contribution in [2.45, 2.75) is 13.8 Å². The van der Waals surface area contributed by atoms with E-state index in [9.17, 15) is 9.18 Å². The summed E-state index contributed by atoms with van der Waals surface area (Å²) in [4.78, 5) is 12.7. The molecule has 1 N–H and O–H groups in total. The van der Waals surface area contributed by atoms with Gasteiger partial charge in [0.05, 0.1) is 11.9 Å². The average molecular weight is 478 g/mol. The molecule has 178 valence electrons. The lowest BCUT2D eigenvalue weighted by atomic mass is 10.1. The van der Waals surface area contributed by atoms with Gasteiger partial charge in [0.2, 0.25) is 0 Å². The van der Waals surface area contributed by atoms with Gasteiger partial charge in [-0.05, 0) is 86.6 Å². The Morgan fingerprint density at radius 2 is 1.53 bits per heavy atom. The Morgan fingerprint density at radius 3 is 2.19 bits per heavy atom. The van der Waals surface area contributed by atoms with Gasteiger partial charge in [-0.2, -0.15) is 10.2 Å². The minimum Gasteiger partial charge on any atom is -0.319 e. The summed E-state index contributed by atoms with van der Waals surface area (Å²) in [5, 5.41) is 8.84. The third-order valence-electron chi connectivity index (χ3n) is 5.91. The number of halogens is 1. The third kappa shape index (κ3) is 4.72. The van der Waals surface area contributed by atoms with Gasteiger partial charge in [0, 0.05) is 40.0 Å². The minimum atomic E-state index is -0.322. The number of nitrogens with one attached hydrogen (secondary N) is 1. The Bertz CT molecular complexity index is 1510. The molecule has 0 aliphatic heterocycles. The predicted octanol–water partition coefficient (Wildman–Crippen LogP) is 5.85. The predicted molar refractivity (Wildman–Crippen MR) is 139 cm³/mol. The molecule has 1 amide bonds. The fraction of sp³-hybridized carbons (Fsp3) is 0.0690. The Balaban J connectivity index is 1.37. The van der Waals surface area contributed by atoms with Gasteiger partial charge < -0.3 is 4.57 Å². The van der Waals surface area contributed by atoms with Gasteiger partial charge in [-0.25, -0.2) is 14.5 Å². The zero-order chi connectivity index (χ0) is 25.1. The van der Waals surface area contributed by atoms with Crippen molar-refractivity contribution in [3.05, 3.63) is 126 Å². The smallest absolute Gasteiger partial charge is 0.271 e. The van der Waals surface area contributed by atoms with Crippen molar-refractivity contribution in [1.29, 1.82) is 0 Å². The monoisotopic (exact) mass is 477 g/mol. The number of hydrazone groups is 1. The van der Waals surface area contributed by atoms with Crippen molar-refractivity contribution in [1.82, 2.24) is 19.8 Å². The molecule has 2 aromatic heterocycles. The highest BCUT2D eigenvalue weighted by Crippen LogP contribution is 2.23.